The highest BCUT2D eigenvalue weighted by molar-refractivity contribution is 6.16. The minimum atomic E-state index is -1.13. The number of amides is 1. The van der Waals surface area contributed by atoms with Gasteiger partial charge in [0.25, 0.3) is 0 Å². The van der Waals surface area contributed by atoms with Crippen molar-refractivity contribution in [3.05, 3.63) is 0 Å². The molecule has 1 fully saturated rings. The van der Waals surface area contributed by atoms with Gasteiger partial charge in [-0.05, 0) is 12.5 Å². The number of nitrogens with one attached hydrogen (secondary N) is 1. The fraction of sp³-hybridized carbons (Fsp3) is 0.889. The highest BCUT2D eigenvalue weighted by Gasteiger charge is 2.27. The lowest BCUT2D eigenvalue weighted by atomic mass is 10.3. The second-order valence-corrected chi connectivity index (χ2v) is 4.16. The van der Waals surface area contributed by atoms with Crippen LogP contribution in [0.4, 0.5) is 0 Å². The first-order valence-corrected chi connectivity index (χ1v) is 6.24. The Morgan fingerprint density at radius 2 is 2.56 bits per heavy atom. The summed E-state index contributed by atoms with van der Waals surface area (Å²) in [7, 11) is -0.343. The zero-order valence-corrected chi connectivity index (χ0v) is 9.85. The van der Waals surface area contributed by atoms with Gasteiger partial charge in [-0.1, -0.05) is 0 Å². The van der Waals surface area contributed by atoms with E-state index < -0.39 is 19.0 Å². The zero-order valence-electron chi connectivity index (χ0n) is 9.85. The van der Waals surface area contributed by atoms with Crippen LogP contribution in [0, 0.1) is 0 Å². The Balaban J connectivity index is 2.09. The Kier molecular flexibility index (Phi) is 5.63. The van der Waals surface area contributed by atoms with Crippen LogP contribution in [0.3, 0.4) is 0 Å². The summed E-state index contributed by atoms with van der Waals surface area (Å²) in [5.41, 5.74) is 0. The lowest BCUT2D eigenvalue weighted by Gasteiger charge is -2.13. The summed E-state index contributed by atoms with van der Waals surface area (Å²) < 4.78 is 27.3. The summed E-state index contributed by atoms with van der Waals surface area (Å²) in [5, 5.41) is 11.9. The minimum absolute atomic E-state index is 0.169. The molecule has 3 atom stereocenters. The van der Waals surface area contributed by atoms with Gasteiger partial charge in [0.2, 0.25) is 5.91 Å². The van der Waals surface area contributed by atoms with Gasteiger partial charge in [-0.3, -0.25) is 4.79 Å². The van der Waals surface area contributed by atoms with Crippen molar-refractivity contribution in [1.82, 2.24) is 5.32 Å². The summed E-state index contributed by atoms with van der Waals surface area (Å²) in [6.45, 7) is -0.504. The topological polar surface area (TPSA) is 84.9 Å². The molecule has 0 spiro atoms. The molecule has 1 rings (SSSR count). The first-order valence-electron chi connectivity index (χ1n) is 5.70. The molecule has 6 nitrogen and oxygen atoms in total. The maximum Gasteiger partial charge on any atom is 0.325 e. The summed E-state index contributed by atoms with van der Waals surface area (Å²) in [5.74, 6) is -0.292. The van der Waals surface area contributed by atoms with Gasteiger partial charge in [-0.2, -0.15) is 0 Å². The zero-order chi connectivity index (χ0) is 12.7. The van der Waals surface area contributed by atoms with Crippen molar-refractivity contribution in [1.29, 1.82) is 0 Å². The smallest absolute Gasteiger partial charge is 0.325 e. The third-order valence-corrected chi connectivity index (χ3v) is 2.65. The largest absolute Gasteiger partial charge is 0.385 e. The third kappa shape index (κ3) is 4.93. The van der Waals surface area contributed by atoms with Gasteiger partial charge in [-0.25, -0.2) is 0 Å². The van der Waals surface area contributed by atoms with Crippen molar-refractivity contribution in [2.75, 3.05) is 19.7 Å². The maximum absolute atomic E-state index is 11.3. The average molecular weight is 248 g/mol. The quantitative estimate of drug-likeness (QED) is 0.450. The van der Waals surface area contributed by atoms with E-state index in [9.17, 15) is 14.4 Å². The molecule has 1 aliphatic rings. The predicted molar refractivity (Wildman–Crippen MR) is 55.2 cm³/mol. The van der Waals surface area contributed by atoms with Crippen LogP contribution < -0.4 is 5.32 Å². The van der Waals surface area contributed by atoms with Crippen LogP contribution in [0.25, 0.3) is 0 Å². The molecule has 0 aliphatic carbocycles. The lowest BCUT2D eigenvalue weighted by Crippen LogP contribution is -2.33. The third-order valence-electron chi connectivity index (χ3n) is 2.09. The summed E-state index contributed by atoms with van der Waals surface area (Å²) >= 11 is 0. The van der Waals surface area contributed by atoms with Crippen LogP contribution in [-0.2, 0) is 18.7 Å². The van der Waals surface area contributed by atoms with Crippen LogP contribution in [-0.4, -0.2) is 52.5 Å². The van der Waals surface area contributed by atoms with Crippen LogP contribution in [0.2, 0.25) is 6.04 Å². The van der Waals surface area contributed by atoms with Crippen LogP contribution in [0.15, 0.2) is 0 Å². The van der Waals surface area contributed by atoms with Gasteiger partial charge in [0.1, 0.15) is 12.7 Å². The Labute approximate surface area is 97.6 Å². The van der Waals surface area contributed by atoms with E-state index in [2.05, 4.69) is 5.32 Å². The van der Waals surface area contributed by atoms with Gasteiger partial charge in [0, 0.05) is 13.0 Å². The number of hydrogen-bond acceptors (Lipinski definition) is 5. The van der Waals surface area contributed by atoms with Crippen LogP contribution in [0.1, 0.15) is 14.2 Å². The molecule has 2 N–H and O–H groups in total. The predicted octanol–water partition coefficient (Wildman–Crippen LogP) is -0.915. The van der Waals surface area contributed by atoms with Crippen LogP contribution in [0.5, 0.6) is 0 Å². The first-order chi connectivity index (χ1) is 8.13. The van der Waals surface area contributed by atoms with Gasteiger partial charge in [0.15, 0.2) is 6.29 Å². The molecule has 0 aromatic carbocycles. The average Bonchev–Trinajstić information content (AvgIpc) is 2.61. The van der Waals surface area contributed by atoms with E-state index >= 15 is 0 Å². The number of aliphatic hydroxyl groups excluding tert-OH is 1. The van der Waals surface area contributed by atoms with Crippen molar-refractivity contribution in [2.45, 2.75) is 31.3 Å². The number of carbonyl (C=O) groups excluding carboxylic acids is 1. The van der Waals surface area contributed by atoms with E-state index in [0.29, 0.717) is 19.0 Å². The normalized spacial score (nSPS) is 29.8. The van der Waals surface area contributed by atoms with E-state index in [-0.39, 0.29) is 28.3 Å². The molecule has 1 radical (unpaired) electrons. The van der Waals surface area contributed by atoms with E-state index in [1.54, 1.807) is 0 Å². The fourth-order valence-corrected chi connectivity index (χ4v) is 1.55. The van der Waals surface area contributed by atoms with Gasteiger partial charge < -0.3 is 24.4 Å². The van der Waals surface area contributed by atoms with Crippen molar-refractivity contribution < 1.29 is 25.2 Å². The number of rotatable bonds is 7. The molecule has 1 heterocycles. The number of carbonyl (C=O) groups is 1. The molecule has 0 saturated carbocycles. The molecule has 0 aromatic rings. The second-order valence-electron chi connectivity index (χ2n) is 3.38. The number of ether oxygens (including phenoxy) is 2. The summed E-state index contributed by atoms with van der Waals surface area (Å²) in [6.07, 6.45) is -0.832. The van der Waals surface area contributed by atoms with Gasteiger partial charge in [-0.15, -0.1) is 0 Å². The standard InChI is InChI=1S/C9H16NO5Si/c11-8(10-3-1-5-16-13)6-15-7-2-4-14-9(7)12/h7,9,12H,1-6H2,(H,10,11)/i4T. The van der Waals surface area contributed by atoms with E-state index in [1.165, 1.54) is 0 Å². The van der Waals surface area contributed by atoms with Crippen molar-refractivity contribution in [3.8, 4) is 0 Å². The molecule has 1 amide bonds. The van der Waals surface area contributed by atoms with E-state index in [1.807, 2.05) is 0 Å². The molecule has 7 heteroatoms. The Morgan fingerprint density at radius 1 is 1.75 bits per heavy atom. The number of aliphatic hydroxyl groups is 1. The molecule has 0 bridgehead atoms. The Bertz CT molecular complexity index is 268. The summed E-state index contributed by atoms with van der Waals surface area (Å²) in [6, 6.07) is 0.566. The van der Waals surface area contributed by atoms with Crippen molar-refractivity contribution in [2.24, 2.45) is 0 Å². The molecule has 3 unspecified atom stereocenters. The lowest BCUT2D eigenvalue weighted by molar-refractivity contribution is -0.143. The molecule has 1 saturated heterocycles. The molecular weight excluding hydrogens is 230 g/mol. The maximum atomic E-state index is 11.3. The number of hydrogen-bond donors (Lipinski definition) is 2. The van der Waals surface area contributed by atoms with Crippen molar-refractivity contribution in [3.63, 3.8) is 0 Å². The molecule has 91 valence electrons. The van der Waals surface area contributed by atoms with E-state index in [0.717, 1.165) is 0 Å². The fourth-order valence-electron chi connectivity index (χ4n) is 1.23. The van der Waals surface area contributed by atoms with Gasteiger partial charge in [0.05, 0.1) is 7.95 Å². The second kappa shape index (κ2) is 7.61. The van der Waals surface area contributed by atoms with Crippen LogP contribution >= 0.6 is 0 Å². The highest BCUT2D eigenvalue weighted by atomic mass is 28.2. The van der Waals surface area contributed by atoms with E-state index in [4.69, 9.17) is 10.8 Å². The molecule has 16 heavy (non-hydrogen) atoms. The molecule has 1 aliphatic heterocycles. The molecular formula is C9H16NO5Si. The SMILES string of the molecule is [3H]C1CC(OCC(=O)NCCC[Si]=O)C(O)O1. The van der Waals surface area contributed by atoms with Gasteiger partial charge >= 0.3 is 9.41 Å². The monoisotopic (exact) mass is 248 g/mol. The van der Waals surface area contributed by atoms with Crippen molar-refractivity contribution >= 4 is 15.3 Å². The highest BCUT2D eigenvalue weighted by Crippen LogP contribution is 2.14. The summed E-state index contributed by atoms with van der Waals surface area (Å²) in [4.78, 5) is 11.3. The first kappa shape index (κ1) is 11.8. The Morgan fingerprint density at radius 3 is 3.19 bits per heavy atom. The molecule has 0 aromatic heterocycles. The minimum Gasteiger partial charge on any atom is -0.385 e. The Hall–Kier alpha value is -0.633.